The largest absolute Gasteiger partial charge is 0.345 e. The van der Waals surface area contributed by atoms with Gasteiger partial charge in [-0.05, 0) is 35.1 Å². The number of pyridine rings is 1. The summed E-state index contributed by atoms with van der Waals surface area (Å²) in [6, 6.07) is 0. The molecule has 0 fully saturated rings. The fraction of sp³-hybridized carbons (Fsp3) is 0.111. The van der Waals surface area contributed by atoms with Crippen molar-refractivity contribution in [3.8, 4) is 0 Å². The second-order valence-corrected chi connectivity index (χ2v) is 4.00. The number of H-pyrrole nitrogens is 1. The molecule has 0 unspecified atom stereocenters. The van der Waals surface area contributed by atoms with Crippen molar-refractivity contribution in [3.05, 3.63) is 27.1 Å². The smallest absolute Gasteiger partial charge is 0.151 e. The van der Waals surface area contributed by atoms with Gasteiger partial charge in [0.2, 0.25) is 0 Å². The van der Waals surface area contributed by atoms with E-state index in [2.05, 4.69) is 32.6 Å². The number of aldehydes is 1. The van der Waals surface area contributed by atoms with Crippen molar-refractivity contribution in [3.63, 3.8) is 0 Å². The van der Waals surface area contributed by atoms with Crippen LogP contribution in [-0.4, -0.2) is 16.3 Å². The summed E-state index contributed by atoms with van der Waals surface area (Å²) in [4.78, 5) is 18.0. The third-order valence-electron chi connectivity index (χ3n) is 2.01. The second kappa shape index (κ2) is 3.10. The van der Waals surface area contributed by atoms with Gasteiger partial charge in [0.15, 0.2) is 6.29 Å². The molecule has 0 spiro atoms. The zero-order valence-electron chi connectivity index (χ0n) is 6.97. The summed E-state index contributed by atoms with van der Waals surface area (Å²) in [6.07, 6.45) is 4.44. The number of halogens is 1. The minimum atomic E-state index is 0.732. The van der Waals surface area contributed by atoms with Crippen LogP contribution in [0.1, 0.15) is 15.9 Å². The lowest BCUT2D eigenvalue weighted by atomic mass is 10.1. The Kier molecular flexibility index (Phi) is 2.07. The Bertz CT molecular complexity index is 476. The zero-order chi connectivity index (χ0) is 9.42. The summed E-state index contributed by atoms with van der Waals surface area (Å²) in [5.41, 5.74) is 2.42. The third kappa shape index (κ3) is 1.25. The highest BCUT2D eigenvalue weighted by molar-refractivity contribution is 14.1. The van der Waals surface area contributed by atoms with E-state index in [0.29, 0.717) is 0 Å². The second-order valence-electron chi connectivity index (χ2n) is 2.83. The number of hydrogen-bond acceptors (Lipinski definition) is 2. The predicted octanol–water partition coefficient (Wildman–Crippen LogP) is 2.29. The fourth-order valence-corrected chi connectivity index (χ4v) is 2.03. The number of aryl methyl sites for hydroxylation is 1. The van der Waals surface area contributed by atoms with Crippen molar-refractivity contribution >= 4 is 39.9 Å². The van der Waals surface area contributed by atoms with Crippen LogP contribution in [0.2, 0.25) is 0 Å². The SMILES string of the molecule is Cc1cnc2[nH]cc(I)c2c1C=O. The number of nitrogens with one attached hydrogen (secondary N) is 1. The molecule has 0 saturated heterocycles. The van der Waals surface area contributed by atoms with Crippen molar-refractivity contribution in [2.45, 2.75) is 6.92 Å². The summed E-state index contributed by atoms with van der Waals surface area (Å²) in [6.45, 7) is 1.89. The third-order valence-corrected chi connectivity index (χ3v) is 2.86. The highest BCUT2D eigenvalue weighted by atomic mass is 127. The molecule has 66 valence electrons. The standard InChI is InChI=1S/C9H7IN2O/c1-5-2-11-9-8(6(5)4-13)7(10)3-12-9/h2-4H,1H3,(H,11,12). The Balaban J connectivity index is 2.96. The number of fused-ring (bicyclic) bond motifs is 1. The van der Waals surface area contributed by atoms with E-state index in [4.69, 9.17) is 0 Å². The Hall–Kier alpha value is -0.910. The number of nitrogens with zero attached hydrogens (tertiary/aromatic N) is 1. The molecule has 0 aliphatic carbocycles. The molecule has 0 bridgehead atoms. The van der Waals surface area contributed by atoms with Crippen molar-refractivity contribution in [2.24, 2.45) is 0 Å². The van der Waals surface area contributed by atoms with Gasteiger partial charge in [-0.15, -0.1) is 0 Å². The lowest BCUT2D eigenvalue weighted by Gasteiger charge is -1.99. The Morgan fingerprint density at radius 1 is 1.62 bits per heavy atom. The molecule has 2 aromatic heterocycles. The van der Waals surface area contributed by atoms with Gasteiger partial charge >= 0.3 is 0 Å². The van der Waals surface area contributed by atoms with Crippen molar-refractivity contribution in [2.75, 3.05) is 0 Å². The number of aromatic amines is 1. The van der Waals surface area contributed by atoms with Crippen LogP contribution in [0, 0.1) is 10.5 Å². The molecule has 13 heavy (non-hydrogen) atoms. The Morgan fingerprint density at radius 3 is 3.08 bits per heavy atom. The molecular formula is C9H7IN2O. The van der Waals surface area contributed by atoms with Crippen LogP contribution in [0.4, 0.5) is 0 Å². The summed E-state index contributed by atoms with van der Waals surface area (Å²) >= 11 is 2.19. The highest BCUT2D eigenvalue weighted by Gasteiger charge is 2.09. The number of aromatic nitrogens is 2. The monoisotopic (exact) mass is 286 g/mol. The van der Waals surface area contributed by atoms with Gasteiger partial charge in [-0.2, -0.15) is 0 Å². The average Bonchev–Trinajstić information content (AvgIpc) is 2.49. The molecule has 1 N–H and O–H groups in total. The van der Waals surface area contributed by atoms with E-state index in [9.17, 15) is 4.79 Å². The molecule has 2 rings (SSSR count). The number of rotatable bonds is 1. The van der Waals surface area contributed by atoms with E-state index in [1.165, 1.54) is 0 Å². The van der Waals surface area contributed by atoms with Crippen LogP contribution in [0.5, 0.6) is 0 Å². The van der Waals surface area contributed by atoms with E-state index >= 15 is 0 Å². The van der Waals surface area contributed by atoms with Crippen LogP contribution in [-0.2, 0) is 0 Å². The quantitative estimate of drug-likeness (QED) is 0.645. The molecule has 0 atom stereocenters. The van der Waals surface area contributed by atoms with Crippen LogP contribution in [0.3, 0.4) is 0 Å². The van der Waals surface area contributed by atoms with Crippen LogP contribution >= 0.6 is 22.6 Å². The molecule has 0 aromatic carbocycles. The molecule has 4 heteroatoms. The van der Waals surface area contributed by atoms with E-state index < -0.39 is 0 Å². The molecular weight excluding hydrogens is 279 g/mol. The van der Waals surface area contributed by atoms with Gasteiger partial charge in [-0.1, -0.05) is 0 Å². The molecule has 0 amide bonds. The zero-order valence-corrected chi connectivity index (χ0v) is 9.12. The minimum Gasteiger partial charge on any atom is -0.345 e. The van der Waals surface area contributed by atoms with E-state index in [1.807, 2.05) is 13.1 Å². The van der Waals surface area contributed by atoms with Gasteiger partial charge in [0.1, 0.15) is 5.65 Å². The van der Waals surface area contributed by atoms with E-state index in [-0.39, 0.29) is 0 Å². The summed E-state index contributed by atoms with van der Waals surface area (Å²) < 4.78 is 1.03. The maximum Gasteiger partial charge on any atom is 0.151 e. The molecule has 3 nitrogen and oxygen atoms in total. The molecule has 2 aromatic rings. The highest BCUT2D eigenvalue weighted by Crippen LogP contribution is 2.23. The molecule has 0 saturated carbocycles. The lowest BCUT2D eigenvalue weighted by molar-refractivity contribution is 0.112. The Labute approximate surface area is 88.7 Å². The van der Waals surface area contributed by atoms with Crippen LogP contribution in [0.15, 0.2) is 12.4 Å². The molecule has 2 heterocycles. The van der Waals surface area contributed by atoms with Crippen molar-refractivity contribution in [1.82, 2.24) is 9.97 Å². The maximum absolute atomic E-state index is 10.8. The van der Waals surface area contributed by atoms with Gasteiger partial charge in [0, 0.05) is 26.9 Å². The van der Waals surface area contributed by atoms with Gasteiger partial charge in [-0.25, -0.2) is 4.98 Å². The van der Waals surface area contributed by atoms with Gasteiger partial charge in [0.25, 0.3) is 0 Å². The van der Waals surface area contributed by atoms with Crippen molar-refractivity contribution < 1.29 is 4.79 Å². The molecule has 0 aliphatic heterocycles. The fourth-order valence-electron chi connectivity index (χ4n) is 1.33. The normalized spacial score (nSPS) is 10.6. The van der Waals surface area contributed by atoms with E-state index in [1.54, 1.807) is 6.20 Å². The number of hydrogen-bond donors (Lipinski definition) is 1. The minimum absolute atomic E-state index is 0.732. The van der Waals surface area contributed by atoms with Crippen LogP contribution < -0.4 is 0 Å². The average molecular weight is 286 g/mol. The van der Waals surface area contributed by atoms with E-state index in [0.717, 1.165) is 32.0 Å². The molecule has 0 radical (unpaired) electrons. The maximum atomic E-state index is 10.8. The summed E-state index contributed by atoms with van der Waals surface area (Å²) in [5, 5.41) is 0.926. The van der Waals surface area contributed by atoms with Gasteiger partial charge < -0.3 is 4.98 Å². The van der Waals surface area contributed by atoms with Gasteiger partial charge in [-0.3, -0.25) is 4.79 Å². The summed E-state index contributed by atoms with van der Waals surface area (Å²) in [5.74, 6) is 0. The molecule has 0 aliphatic rings. The lowest BCUT2D eigenvalue weighted by Crippen LogP contribution is -1.90. The first-order valence-corrected chi connectivity index (χ1v) is 4.89. The van der Waals surface area contributed by atoms with Gasteiger partial charge in [0.05, 0.1) is 0 Å². The predicted molar refractivity (Wildman–Crippen MR) is 58.9 cm³/mol. The summed E-state index contributed by atoms with van der Waals surface area (Å²) in [7, 11) is 0. The topological polar surface area (TPSA) is 45.8 Å². The first-order valence-electron chi connectivity index (χ1n) is 3.81. The Morgan fingerprint density at radius 2 is 2.38 bits per heavy atom. The number of carbonyl (C=O) groups excluding carboxylic acids is 1. The number of carbonyl (C=O) groups is 1. The first kappa shape index (κ1) is 8.68. The van der Waals surface area contributed by atoms with Crippen molar-refractivity contribution in [1.29, 1.82) is 0 Å². The first-order chi connectivity index (χ1) is 6.24. The van der Waals surface area contributed by atoms with Crippen LogP contribution in [0.25, 0.3) is 11.0 Å².